The highest BCUT2D eigenvalue weighted by atomic mass is 32.2. The van der Waals surface area contributed by atoms with Crippen molar-refractivity contribution in [1.29, 1.82) is 0 Å². The topological polar surface area (TPSA) is 72.6 Å². The lowest BCUT2D eigenvalue weighted by molar-refractivity contribution is 0.242. The van der Waals surface area contributed by atoms with Crippen molar-refractivity contribution in [2.45, 2.75) is 43.7 Å². The van der Waals surface area contributed by atoms with Gasteiger partial charge in [-0.25, -0.2) is 8.42 Å². The molecule has 1 fully saturated rings. The zero-order chi connectivity index (χ0) is 14.8. The summed E-state index contributed by atoms with van der Waals surface area (Å²) in [6, 6.07) is 6.50. The predicted octanol–water partition coefficient (Wildman–Crippen LogP) is 1.59. The van der Waals surface area contributed by atoms with Gasteiger partial charge in [-0.2, -0.15) is 4.31 Å². The molecular formula is C14H22N2O3S. The molecule has 1 heterocycles. The third kappa shape index (κ3) is 3.13. The number of rotatable bonds is 5. The van der Waals surface area contributed by atoms with Crippen molar-refractivity contribution in [2.24, 2.45) is 5.73 Å². The van der Waals surface area contributed by atoms with Gasteiger partial charge in [-0.15, -0.1) is 0 Å². The summed E-state index contributed by atoms with van der Waals surface area (Å²) in [7, 11) is -3.45. The van der Waals surface area contributed by atoms with E-state index in [0.717, 1.165) is 12.8 Å². The molecule has 1 atom stereocenters. The Kier molecular flexibility index (Phi) is 4.67. The van der Waals surface area contributed by atoms with Crippen LogP contribution in [0.25, 0.3) is 0 Å². The molecule has 0 aromatic heterocycles. The van der Waals surface area contributed by atoms with Gasteiger partial charge in [0.25, 0.3) is 0 Å². The molecule has 1 saturated heterocycles. The van der Waals surface area contributed by atoms with Gasteiger partial charge in [0.2, 0.25) is 10.0 Å². The first-order valence-corrected chi connectivity index (χ1v) is 8.38. The highest BCUT2D eigenvalue weighted by molar-refractivity contribution is 7.89. The summed E-state index contributed by atoms with van der Waals surface area (Å²) >= 11 is 0. The minimum atomic E-state index is -3.45. The molecule has 1 aliphatic heterocycles. The largest absolute Gasteiger partial charge is 0.491 e. The summed E-state index contributed by atoms with van der Waals surface area (Å²) in [5.74, 6) is 0.677. The van der Waals surface area contributed by atoms with E-state index in [9.17, 15) is 8.42 Å². The molecule has 2 rings (SSSR count). The smallest absolute Gasteiger partial charge is 0.243 e. The second kappa shape index (κ2) is 6.11. The molecule has 6 heteroatoms. The fourth-order valence-electron chi connectivity index (χ4n) is 2.46. The fourth-order valence-corrected chi connectivity index (χ4v) is 4.16. The summed E-state index contributed by atoms with van der Waals surface area (Å²) in [5.41, 5.74) is 5.65. The van der Waals surface area contributed by atoms with E-state index in [0.29, 0.717) is 23.7 Å². The summed E-state index contributed by atoms with van der Waals surface area (Å²) < 4.78 is 32.2. The lowest BCUT2D eigenvalue weighted by Gasteiger charge is -2.23. The van der Waals surface area contributed by atoms with Crippen LogP contribution in [0.15, 0.2) is 29.2 Å². The maximum atomic E-state index is 12.6. The van der Waals surface area contributed by atoms with E-state index in [2.05, 4.69) is 0 Å². The quantitative estimate of drug-likeness (QED) is 0.896. The third-order valence-corrected chi connectivity index (χ3v) is 5.36. The van der Waals surface area contributed by atoms with E-state index in [1.807, 2.05) is 13.8 Å². The van der Waals surface area contributed by atoms with E-state index in [1.165, 1.54) is 4.31 Å². The molecule has 112 valence electrons. The molecule has 20 heavy (non-hydrogen) atoms. The molecular weight excluding hydrogens is 276 g/mol. The average Bonchev–Trinajstić information content (AvgIpc) is 2.87. The summed E-state index contributed by atoms with van der Waals surface area (Å²) in [6.07, 6.45) is 1.78. The Hall–Kier alpha value is -1.11. The van der Waals surface area contributed by atoms with Crippen LogP contribution in [0.3, 0.4) is 0 Å². The van der Waals surface area contributed by atoms with Crippen LogP contribution in [0, 0.1) is 0 Å². The molecule has 0 radical (unpaired) electrons. The zero-order valence-corrected chi connectivity index (χ0v) is 12.8. The minimum absolute atomic E-state index is 0.0673. The van der Waals surface area contributed by atoms with Crippen LogP contribution in [-0.4, -0.2) is 38.0 Å². The van der Waals surface area contributed by atoms with Gasteiger partial charge < -0.3 is 10.5 Å². The Morgan fingerprint density at radius 3 is 2.55 bits per heavy atom. The molecule has 1 aliphatic rings. The van der Waals surface area contributed by atoms with Crippen LogP contribution in [-0.2, 0) is 10.0 Å². The molecule has 0 aliphatic carbocycles. The second-order valence-corrected chi connectivity index (χ2v) is 7.18. The molecule has 2 N–H and O–H groups in total. The van der Waals surface area contributed by atoms with E-state index >= 15 is 0 Å². The van der Waals surface area contributed by atoms with Crippen molar-refractivity contribution in [3.63, 3.8) is 0 Å². The van der Waals surface area contributed by atoms with Crippen molar-refractivity contribution >= 4 is 10.0 Å². The van der Waals surface area contributed by atoms with Gasteiger partial charge >= 0.3 is 0 Å². The van der Waals surface area contributed by atoms with Crippen molar-refractivity contribution < 1.29 is 13.2 Å². The molecule has 0 spiro atoms. The highest BCUT2D eigenvalue weighted by Crippen LogP contribution is 2.26. The number of benzene rings is 1. The number of nitrogens with zero attached hydrogens (tertiary/aromatic N) is 1. The second-order valence-electron chi connectivity index (χ2n) is 5.29. The van der Waals surface area contributed by atoms with Gasteiger partial charge in [-0.3, -0.25) is 0 Å². The van der Waals surface area contributed by atoms with Crippen molar-refractivity contribution in [3.05, 3.63) is 24.3 Å². The molecule has 1 aromatic carbocycles. The Bertz CT molecular complexity index is 540. The maximum Gasteiger partial charge on any atom is 0.243 e. The molecule has 1 unspecified atom stereocenters. The highest BCUT2D eigenvalue weighted by Gasteiger charge is 2.34. The van der Waals surface area contributed by atoms with Crippen molar-refractivity contribution in [3.8, 4) is 5.75 Å². The zero-order valence-electron chi connectivity index (χ0n) is 12.0. The predicted molar refractivity (Wildman–Crippen MR) is 78.2 cm³/mol. The number of sulfonamides is 1. The summed E-state index contributed by atoms with van der Waals surface area (Å²) in [4.78, 5) is 0.300. The molecule has 5 nitrogen and oxygen atoms in total. The summed E-state index contributed by atoms with van der Waals surface area (Å²) in [6.45, 7) is 4.78. The normalized spacial score (nSPS) is 20.5. The third-order valence-electron chi connectivity index (χ3n) is 3.40. The number of hydrogen-bond acceptors (Lipinski definition) is 4. The Morgan fingerprint density at radius 2 is 2.00 bits per heavy atom. The molecule has 0 saturated carbocycles. The average molecular weight is 298 g/mol. The Labute approximate surface area is 120 Å². The van der Waals surface area contributed by atoms with E-state index < -0.39 is 10.0 Å². The summed E-state index contributed by atoms with van der Waals surface area (Å²) in [5, 5.41) is 0. The monoisotopic (exact) mass is 298 g/mol. The Morgan fingerprint density at radius 1 is 1.35 bits per heavy atom. The van der Waals surface area contributed by atoms with Crippen LogP contribution in [0.2, 0.25) is 0 Å². The minimum Gasteiger partial charge on any atom is -0.491 e. The van der Waals surface area contributed by atoms with Gasteiger partial charge in [-0.1, -0.05) is 0 Å². The van der Waals surface area contributed by atoms with Crippen LogP contribution in [0.5, 0.6) is 5.75 Å². The molecule has 0 amide bonds. The van der Waals surface area contributed by atoms with Crippen molar-refractivity contribution in [1.82, 2.24) is 4.31 Å². The van der Waals surface area contributed by atoms with E-state index in [4.69, 9.17) is 10.5 Å². The molecule has 0 bridgehead atoms. The van der Waals surface area contributed by atoms with Crippen LogP contribution in [0.1, 0.15) is 26.7 Å². The fraction of sp³-hybridized carbons (Fsp3) is 0.571. The number of nitrogens with two attached hydrogens (primary N) is 1. The van der Waals surface area contributed by atoms with Gasteiger partial charge in [0.15, 0.2) is 0 Å². The van der Waals surface area contributed by atoms with Gasteiger partial charge in [0.1, 0.15) is 5.75 Å². The standard InChI is InChI=1S/C14H22N2O3S/c1-11(2)19-13-5-7-14(8-6-13)20(17,18)16-9-3-4-12(16)10-15/h5-8,11-12H,3-4,9-10,15H2,1-2H3. The number of ether oxygens (including phenoxy) is 1. The first-order valence-electron chi connectivity index (χ1n) is 6.94. The van der Waals surface area contributed by atoms with Gasteiger partial charge in [-0.05, 0) is 51.0 Å². The maximum absolute atomic E-state index is 12.6. The first kappa shape index (κ1) is 15.3. The van der Waals surface area contributed by atoms with Crippen molar-refractivity contribution in [2.75, 3.05) is 13.1 Å². The van der Waals surface area contributed by atoms with Crippen LogP contribution >= 0.6 is 0 Å². The number of hydrogen-bond donors (Lipinski definition) is 1. The molecule has 1 aromatic rings. The van der Waals surface area contributed by atoms with Crippen LogP contribution in [0.4, 0.5) is 0 Å². The van der Waals surface area contributed by atoms with E-state index in [1.54, 1.807) is 24.3 Å². The SMILES string of the molecule is CC(C)Oc1ccc(S(=O)(=O)N2CCCC2CN)cc1. The van der Waals surface area contributed by atoms with Crippen LogP contribution < -0.4 is 10.5 Å². The first-order chi connectivity index (χ1) is 9.45. The lowest BCUT2D eigenvalue weighted by Crippen LogP contribution is -2.39. The van der Waals surface area contributed by atoms with Gasteiger partial charge in [0.05, 0.1) is 11.0 Å². The Balaban J connectivity index is 2.21. The van der Waals surface area contributed by atoms with Gasteiger partial charge in [0, 0.05) is 19.1 Å². The van der Waals surface area contributed by atoms with E-state index in [-0.39, 0.29) is 12.1 Å². The lowest BCUT2D eigenvalue weighted by atomic mass is 10.2.